The first-order valence-electron chi connectivity index (χ1n) is 6.25. The summed E-state index contributed by atoms with van der Waals surface area (Å²) in [6, 6.07) is 7.44. The Balaban J connectivity index is 0.00000147. The van der Waals surface area contributed by atoms with Crippen LogP contribution in [0.15, 0.2) is 34.2 Å². The molecule has 0 saturated carbocycles. The van der Waals surface area contributed by atoms with Gasteiger partial charge in [-0.25, -0.2) is 0 Å². The second kappa shape index (κ2) is 6.78. The smallest absolute Gasteiger partial charge is 0.286 e. The number of hydrogen-bond donors (Lipinski definition) is 0. The van der Waals surface area contributed by atoms with Crippen molar-refractivity contribution in [1.29, 1.82) is 0 Å². The summed E-state index contributed by atoms with van der Waals surface area (Å²) in [5, 5.41) is 1.55. The summed E-state index contributed by atoms with van der Waals surface area (Å²) in [7, 11) is 0. The Kier molecular flexibility index (Phi) is 5.29. The van der Waals surface area contributed by atoms with Gasteiger partial charge < -0.3 is 4.90 Å². The lowest BCUT2D eigenvalue weighted by molar-refractivity contribution is -0.113. The van der Waals surface area contributed by atoms with Gasteiger partial charge in [0.2, 0.25) is 0 Å². The first-order valence-corrected chi connectivity index (χ1v) is 7.45. The third kappa shape index (κ3) is 3.45. The van der Waals surface area contributed by atoms with Gasteiger partial charge in [0.05, 0.1) is 4.91 Å². The van der Waals surface area contributed by atoms with Gasteiger partial charge >= 0.3 is 0 Å². The molecular weight excluding hydrogens is 360 g/mol. The van der Waals surface area contributed by atoms with Crippen LogP contribution < -0.4 is 0 Å². The van der Waals surface area contributed by atoms with Crippen LogP contribution in [0.5, 0.6) is 0 Å². The molecule has 1 aromatic rings. The molecule has 0 spiro atoms. The van der Waals surface area contributed by atoms with Crippen molar-refractivity contribution in [3.8, 4) is 0 Å². The number of nitrogens with zero attached hydrogens (tertiary/aromatic N) is 2. The highest BCUT2D eigenvalue weighted by Crippen LogP contribution is 2.31. The first-order chi connectivity index (χ1) is 9.22. The second-order valence-electron chi connectivity index (χ2n) is 4.56. The van der Waals surface area contributed by atoms with E-state index < -0.39 is 0 Å². The summed E-state index contributed by atoms with van der Waals surface area (Å²) in [5.74, 6) is -0.137. The van der Waals surface area contributed by atoms with Crippen LogP contribution in [0.1, 0.15) is 18.4 Å². The molecule has 2 heterocycles. The number of benzene rings is 1. The van der Waals surface area contributed by atoms with Gasteiger partial charge in [0, 0.05) is 18.1 Å². The minimum Gasteiger partial charge on any atom is -0.351 e. The van der Waals surface area contributed by atoms with Crippen molar-refractivity contribution < 1.29 is 4.79 Å². The molecule has 0 aromatic heterocycles. The summed E-state index contributed by atoms with van der Waals surface area (Å²) in [4.78, 5) is 18.9. The van der Waals surface area contributed by atoms with Crippen LogP contribution >= 0.6 is 40.3 Å². The highest BCUT2D eigenvalue weighted by molar-refractivity contribution is 8.93. The van der Waals surface area contributed by atoms with Gasteiger partial charge in [0.1, 0.15) is 0 Å². The van der Waals surface area contributed by atoms with E-state index in [2.05, 4.69) is 9.89 Å². The number of halogens is 2. The number of likely N-dealkylation sites (tertiary alicyclic amines) is 1. The number of amides is 1. The molecule has 0 N–H and O–H groups in total. The highest BCUT2D eigenvalue weighted by Gasteiger charge is 2.27. The minimum atomic E-state index is -0.137. The van der Waals surface area contributed by atoms with Crippen molar-refractivity contribution in [3.05, 3.63) is 39.8 Å². The molecule has 1 aromatic carbocycles. The zero-order valence-electron chi connectivity index (χ0n) is 10.7. The quantitative estimate of drug-likeness (QED) is 0.698. The lowest BCUT2D eigenvalue weighted by Gasteiger charge is -2.14. The molecule has 0 bridgehead atoms. The Bertz CT molecular complexity index is 565. The van der Waals surface area contributed by atoms with E-state index in [4.69, 9.17) is 11.6 Å². The highest BCUT2D eigenvalue weighted by atomic mass is 79.9. The Labute approximate surface area is 137 Å². The molecule has 1 amide bonds. The lowest BCUT2D eigenvalue weighted by Crippen LogP contribution is -2.23. The topological polar surface area (TPSA) is 32.7 Å². The summed E-state index contributed by atoms with van der Waals surface area (Å²) in [6.07, 6.45) is 4.24. The van der Waals surface area contributed by atoms with Crippen molar-refractivity contribution in [1.82, 2.24) is 4.90 Å². The fraction of sp³-hybridized carbons (Fsp3) is 0.286. The second-order valence-corrected chi connectivity index (χ2v) is 6.00. The van der Waals surface area contributed by atoms with Crippen LogP contribution in [-0.2, 0) is 4.79 Å². The molecule has 0 radical (unpaired) electrons. The lowest BCUT2D eigenvalue weighted by atomic mass is 10.2. The van der Waals surface area contributed by atoms with Gasteiger partial charge in [0.25, 0.3) is 5.91 Å². The van der Waals surface area contributed by atoms with Crippen LogP contribution in [0.2, 0.25) is 5.02 Å². The number of rotatable bonds is 1. The monoisotopic (exact) mass is 372 g/mol. The van der Waals surface area contributed by atoms with E-state index in [1.54, 1.807) is 0 Å². The maximum Gasteiger partial charge on any atom is 0.286 e. The maximum atomic E-state index is 11.9. The number of hydrogen-bond acceptors (Lipinski definition) is 3. The van der Waals surface area contributed by atoms with E-state index in [9.17, 15) is 4.79 Å². The summed E-state index contributed by atoms with van der Waals surface area (Å²) in [6.45, 7) is 2.01. The van der Waals surface area contributed by atoms with Crippen molar-refractivity contribution in [2.45, 2.75) is 12.8 Å². The Morgan fingerprint density at radius 1 is 1.20 bits per heavy atom. The fourth-order valence-electron chi connectivity index (χ4n) is 2.15. The third-order valence-electron chi connectivity index (χ3n) is 3.15. The van der Waals surface area contributed by atoms with Crippen LogP contribution in [0.25, 0.3) is 6.08 Å². The van der Waals surface area contributed by atoms with Gasteiger partial charge in [-0.2, -0.15) is 4.99 Å². The fourth-order valence-corrected chi connectivity index (χ4v) is 3.24. The van der Waals surface area contributed by atoms with Crippen molar-refractivity contribution in [2.75, 3.05) is 13.1 Å². The zero-order chi connectivity index (χ0) is 13.2. The molecule has 0 atom stereocenters. The van der Waals surface area contributed by atoms with Crippen LogP contribution in [0.3, 0.4) is 0 Å². The SMILES string of the molecule is Br.O=C1N=C(N2CCCC2)S/C1=C\c1ccc(Cl)cc1. The minimum absolute atomic E-state index is 0. The molecule has 1 fully saturated rings. The Morgan fingerprint density at radius 3 is 2.50 bits per heavy atom. The molecule has 6 heteroatoms. The van der Waals surface area contributed by atoms with Gasteiger partial charge in [-0.15, -0.1) is 17.0 Å². The molecule has 3 nitrogen and oxygen atoms in total. The van der Waals surface area contributed by atoms with E-state index in [0.29, 0.717) is 9.93 Å². The molecule has 3 rings (SSSR count). The van der Waals surface area contributed by atoms with E-state index in [-0.39, 0.29) is 22.9 Å². The summed E-state index contributed by atoms with van der Waals surface area (Å²) in [5.41, 5.74) is 0.970. The van der Waals surface area contributed by atoms with E-state index in [0.717, 1.165) is 23.8 Å². The van der Waals surface area contributed by atoms with Crippen molar-refractivity contribution in [3.63, 3.8) is 0 Å². The van der Waals surface area contributed by atoms with Gasteiger partial charge in [-0.3, -0.25) is 4.79 Å². The first kappa shape index (κ1) is 15.6. The molecule has 20 heavy (non-hydrogen) atoms. The van der Waals surface area contributed by atoms with Gasteiger partial charge in [-0.1, -0.05) is 23.7 Å². The average molecular weight is 374 g/mol. The predicted molar refractivity (Wildman–Crippen MR) is 90.6 cm³/mol. The standard InChI is InChI=1S/C14H13ClN2OS.BrH/c15-11-5-3-10(4-6-11)9-12-13(18)16-14(19-12)17-7-1-2-8-17;/h3-6,9H,1-2,7-8H2;1H/b12-9-;. The third-order valence-corrected chi connectivity index (χ3v) is 4.45. The van der Waals surface area contributed by atoms with Gasteiger partial charge in [0.15, 0.2) is 5.17 Å². The summed E-state index contributed by atoms with van der Waals surface area (Å²) >= 11 is 7.31. The van der Waals surface area contributed by atoms with Crippen LogP contribution in [-0.4, -0.2) is 29.1 Å². The molecule has 2 aliphatic heterocycles. The number of aliphatic imine (C=N–C) groups is 1. The normalized spacial score (nSPS) is 20.2. The number of thioether (sulfide) groups is 1. The van der Waals surface area contributed by atoms with E-state index in [1.807, 2.05) is 30.3 Å². The van der Waals surface area contributed by atoms with Crippen LogP contribution in [0.4, 0.5) is 0 Å². The molecule has 1 saturated heterocycles. The average Bonchev–Trinajstić information content (AvgIpc) is 3.03. The van der Waals surface area contributed by atoms with Gasteiger partial charge in [-0.05, 0) is 48.4 Å². The Hall–Kier alpha value is -0.780. The number of carbonyl (C=O) groups excluding carboxylic acids is 1. The molecule has 2 aliphatic rings. The molecule has 0 unspecified atom stereocenters. The van der Waals surface area contributed by atoms with Crippen molar-refractivity contribution in [2.24, 2.45) is 4.99 Å². The molecule has 0 aliphatic carbocycles. The maximum absolute atomic E-state index is 11.9. The van der Waals surface area contributed by atoms with Crippen LogP contribution in [0, 0.1) is 0 Å². The molecule has 106 valence electrons. The zero-order valence-corrected chi connectivity index (χ0v) is 14.0. The number of carbonyl (C=O) groups is 1. The number of amidine groups is 1. The van der Waals surface area contributed by atoms with E-state index >= 15 is 0 Å². The van der Waals surface area contributed by atoms with E-state index in [1.165, 1.54) is 24.6 Å². The molecular formula is C14H14BrClN2OS. The Morgan fingerprint density at radius 2 is 1.85 bits per heavy atom. The summed E-state index contributed by atoms with van der Waals surface area (Å²) < 4.78 is 0. The van der Waals surface area contributed by atoms with Crippen molar-refractivity contribution >= 4 is 57.5 Å². The largest absolute Gasteiger partial charge is 0.351 e. The predicted octanol–water partition coefficient (Wildman–Crippen LogP) is 3.98.